The standard InChI is InChI=1S/C45H32Si/c1-46(34-19-7-3-8-20-34,35-21-9-4-10-22-35)32-31-41-39-25-13-15-27-42(39)45(43-28-16-14-26-40(41)43)44-30-29-36(33-17-5-2-6-18-33)37-23-11-12-24-38(37)44/h2-30H,1H3. The highest BCUT2D eigenvalue weighted by Gasteiger charge is 2.30. The number of rotatable bonds is 4. The van der Waals surface area contributed by atoms with Crippen LogP contribution in [0.25, 0.3) is 54.6 Å². The van der Waals surface area contributed by atoms with Crippen molar-refractivity contribution in [1.29, 1.82) is 0 Å². The van der Waals surface area contributed by atoms with E-state index in [1.807, 2.05) is 0 Å². The topological polar surface area (TPSA) is 0 Å². The lowest BCUT2D eigenvalue weighted by Crippen LogP contribution is -2.54. The lowest BCUT2D eigenvalue weighted by atomic mass is 9.85. The van der Waals surface area contributed by atoms with Gasteiger partial charge in [0.15, 0.2) is 8.07 Å². The molecular weight excluding hydrogens is 569 g/mol. The molecule has 0 N–H and O–H groups in total. The second-order valence-corrected chi connectivity index (χ2v) is 15.7. The van der Waals surface area contributed by atoms with E-state index in [0.29, 0.717) is 0 Å². The number of fused-ring (bicyclic) bond motifs is 3. The summed E-state index contributed by atoms with van der Waals surface area (Å²) in [7, 11) is -2.37. The Kier molecular flexibility index (Phi) is 7.06. The van der Waals surface area contributed by atoms with Gasteiger partial charge in [0.1, 0.15) is 0 Å². The van der Waals surface area contributed by atoms with Crippen molar-refractivity contribution in [2.45, 2.75) is 6.55 Å². The Morgan fingerprint density at radius 1 is 0.370 bits per heavy atom. The van der Waals surface area contributed by atoms with Crippen molar-refractivity contribution in [3.63, 3.8) is 0 Å². The van der Waals surface area contributed by atoms with Crippen molar-refractivity contribution in [1.82, 2.24) is 0 Å². The van der Waals surface area contributed by atoms with E-state index in [2.05, 4.69) is 194 Å². The first-order valence-corrected chi connectivity index (χ1v) is 18.4. The van der Waals surface area contributed by atoms with Gasteiger partial charge in [-0.25, -0.2) is 0 Å². The van der Waals surface area contributed by atoms with Crippen molar-refractivity contribution < 1.29 is 0 Å². The number of hydrogen-bond donors (Lipinski definition) is 0. The first-order valence-electron chi connectivity index (χ1n) is 15.9. The minimum atomic E-state index is -2.37. The maximum Gasteiger partial charge on any atom is 0.196 e. The van der Waals surface area contributed by atoms with Crippen LogP contribution in [0.5, 0.6) is 0 Å². The molecule has 0 nitrogen and oxygen atoms in total. The highest BCUT2D eigenvalue weighted by atomic mass is 28.3. The summed E-state index contributed by atoms with van der Waals surface area (Å²) in [6, 6.07) is 63.5. The average molecular weight is 601 g/mol. The Morgan fingerprint density at radius 3 is 1.28 bits per heavy atom. The monoisotopic (exact) mass is 600 g/mol. The van der Waals surface area contributed by atoms with Crippen molar-refractivity contribution in [3.8, 4) is 33.7 Å². The Labute approximate surface area is 271 Å². The predicted octanol–water partition coefficient (Wildman–Crippen LogP) is 10.3. The molecule has 0 unspecified atom stereocenters. The quantitative estimate of drug-likeness (QED) is 0.107. The number of benzene rings is 8. The second-order valence-electron chi connectivity index (χ2n) is 12.0. The molecule has 0 aromatic heterocycles. The van der Waals surface area contributed by atoms with Gasteiger partial charge >= 0.3 is 0 Å². The summed E-state index contributed by atoms with van der Waals surface area (Å²) in [5, 5.41) is 10.0. The molecule has 8 rings (SSSR count). The molecule has 0 aliphatic rings. The van der Waals surface area contributed by atoms with Gasteiger partial charge in [0.05, 0.1) is 0 Å². The third-order valence-corrected chi connectivity index (χ3v) is 13.0. The van der Waals surface area contributed by atoms with Crippen LogP contribution in [0.1, 0.15) is 5.56 Å². The zero-order valence-electron chi connectivity index (χ0n) is 25.7. The first-order chi connectivity index (χ1) is 22.7. The van der Waals surface area contributed by atoms with Crippen molar-refractivity contribution in [2.75, 3.05) is 0 Å². The van der Waals surface area contributed by atoms with Gasteiger partial charge in [0.25, 0.3) is 0 Å². The van der Waals surface area contributed by atoms with Crippen LogP contribution in [-0.2, 0) is 0 Å². The van der Waals surface area contributed by atoms with Gasteiger partial charge in [0.2, 0.25) is 0 Å². The Hall–Kier alpha value is -5.68. The Morgan fingerprint density at radius 2 is 0.761 bits per heavy atom. The molecule has 0 aliphatic heterocycles. The normalized spacial score (nSPS) is 11.4. The molecule has 0 bridgehead atoms. The van der Waals surface area contributed by atoms with Gasteiger partial charge in [-0.15, -0.1) is 5.54 Å². The fourth-order valence-corrected chi connectivity index (χ4v) is 9.70. The maximum atomic E-state index is 3.93. The van der Waals surface area contributed by atoms with Crippen molar-refractivity contribution in [3.05, 3.63) is 181 Å². The van der Waals surface area contributed by atoms with E-state index in [9.17, 15) is 0 Å². The van der Waals surface area contributed by atoms with Crippen LogP contribution in [0, 0.1) is 11.5 Å². The lowest BCUT2D eigenvalue weighted by molar-refractivity contribution is 1.64. The van der Waals surface area contributed by atoms with Gasteiger partial charge in [-0.05, 0) is 64.9 Å². The fourth-order valence-electron chi connectivity index (χ4n) is 6.98. The molecule has 0 fully saturated rings. The van der Waals surface area contributed by atoms with E-state index in [-0.39, 0.29) is 0 Å². The molecular formula is C45H32Si. The molecule has 0 spiro atoms. The summed E-state index contributed by atoms with van der Waals surface area (Å²) in [5.74, 6) is 3.83. The van der Waals surface area contributed by atoms with E-state index < -0.39 is 8.07 Å². The number of hydrogen-bond acceptors (Lipinski definition) is 0. The molecule has 0 radical (unpaired) electrons. The molecule has 8 aromatic rings. The summed E-state index contributed by atoms with van der Waals surface area (Å²) >= 11 is 0. The predicted molar refractivity (Wildman–Crippen MR) is 200 cm³/mol. The van der Waals surface area contributed by atoms with Crippen molar-refractivity contribution >= 4 is 50.8 Å². The van der Waals surface area contributed by atoms with Crippen LogP contribution < -0.4 is 10.4 Å². The largest absolute Gasteiger partial charge is 0.196 e. The van der Waals surface area contributed by atoms with Crippen LogP contribution in [0.2, 0.25) is 6.55 Å². The molecule has 0 heterocycles. The summed E-state index contributed by atoms with van der Waals surface area (Å²) in [4.78, 5) is 0. The molecule has 216 valence electrons. The molecule has 1 heteroatoms. The summed E-state index contributed by atoms with van der Waals surface area (Å²) in [6.07, 6.45) is 0. The fraction of sp³-hybridized carbons (Fsp3) is 0.0222. The van der Waals surface area contributed by atoms with Gasteiger partial charge in [-0.2, -0.15) is 0 Å². The Bertz CT molecular complexity index is 2320. The zero-order valence-corrected chi connectivity index (χ0v) is 26.7. The summed E-state index contributed by atoms with van der Waals surface area (Å²) in [6.45, 7) is 2.38. The smallest absolute Gasteiger partial charge is 0.115 e. The maximum absolute atomic E-state index is 3.93. The van der Waals surface area contributed by atoms with Gasteiger partial charge in [0, 0.05) is 5.56 Å². The zero-order chi connectivity index (χ0) is 30.9. The SMILES string of the molecule is C[Si](C#Cc1c2ccccc2c(-c2ccc(-c3ccccc3)c3ccccc23)c2ccccc12)(c1ccccc1)c1ccccc1. The van der Waals surface area contributed by atoms with E-state index in [0.717, 1.165) is 5.56 Å². The summed E-state index contributed by atoms with van der Waals surface area (Å²) < 4.78 is 0. The summed E-state index contributed by atoms with van der Waals surface area (Å²) in [5.41, 5.74) is 10.0. The van der Waals surface area contributed by atoms with Gasteiger partial charge in [-0.1, -0.05) is 188 Å². The van der Waals surface area contributed by atoms with Crippen LogP contribution >= 0.6 is 0 Å². The minimum absolute atomic E-state index is 1.10. The van der Waals surface area contributed by atoms with Crippen LogP contribution in [0.3, 0.4) is 0 Å². The van der Waals surface area contributed by atoms with Gasteiger partial charge in [-0.3, -0.25) is 0 Å². The third-order valence-electron chi connectivity index (χ3n) is 9.35. The molecule has 0 atom stereocenters. The van der Waals surface area contributed by atoms with Gasteiger partial charge < -0.3 is 0 Å². The lowest BCUT2D eigenvalue weighted by Gasteiger charge is -2.22. The van der Waals surface area contributed by atoms with Crippen LogP contribution in [-0.4, -0.2) is 8.07 Å². The molecule has 0 aliphatic carbocycles. The second kappa shape index (κ2) is 11.7. The first kappa shape index (κ1) is 27.8. The molecule has 46 heavy (non-hydrogen) atoms. The molecule has 0 saturated carbocycles. The van der Waals surface area contributed by atoms with E-state index in [1.54, 1.807) is 0 Å². The van der Waals surface area contributed by atoms with Crippen molar-refractivity contribution in [2.24, 2.45) is 0 Å². The molecule has 0 saturated heterocycles. The molecule has 8 aromatic carbocycles. The van der Waals surface area contributed by atoms with Crippen LogP contribution in [0.4, 0.5) is 0 Å². The van der Waals surface area contributed by atoms with Crippen LogP contribution in [0.15, 0.2) is 176 Å². The Balaban J connectivity index is 1.41. The average Bonchev–Trinajstić information content (AvgIpc) is 3.14. The van der Waals surface area contributed by atoms with E-state index >= 15 is 0 Å². The third kappa shape index (κ3) is 4.72. The van der Waals surface area contributed by atoms with E-state index in [4.69, 9.17) is 0 Å². The highest BCUT2D eigenvalue weighted by Crippen LogP contribution is 2.43. The minimum Gasteiger partial charge on any atom is -0.115 e. The highest BCUT2D eigenvalue weighted by molar-refractivity contribution is 7.07. The van der Waals surface area contributed by atoms with E-state index in [1.165, 1.54) is 64.9 Å². The molecule has 0 amide bonds.